The molecule has 0 aromatic heterocycles. The smallest absolute Gasteiger partial charge is 0.240 e. The molecule has 138 valence electrons. The average Bonchev–Trinajstić information content (AvgIpc) is 2.95. The van der Waals surface area contributed by atoms with E-state index in [1.54, 1.807) is 6.07 Å². The molecule has 0 spiro atoms. The van der Waals surface area contributed by atoms with E-state index in [2.05, 4.69) is 0 Å². The van der Waals surface area contributed by atoms with Gasteiger partial charge in [0, 0.05) is 0 Å². The fourth-order valence-corrected chi connectivity index (χ4v) is 7.21. The Morgan fingerprint density at radius 3 is 1.73 bits per heavy atom. The Bertz CT molecular complexity index is 884. The number of amides is 2. The molecule has 0 N–H and O–H groups in total. The van der Waals surface area contributed by atoms with Crippen molar-refractivity contribution >= 4 is 110 Å². The summed E-state index contributed by atoms with van der Waals surface area (Å²) < 4.78 is -1.97. The fraction of sp³-hybridized carbons (Fsp3) is 0.333. The van der Waals surface area contributed by atoms with Gasteiger partial charge in [0.1, 0.15) is 9.75 Å². The van der Waals surface area contributed by atoms with Crippen LogP contribution in [-0.2, 0) is 9.59 Å². The number of imide groups is 1. The van der Waals surface area contributed by atoms with Crippen molar-refractivity contribution in [1.82, 2.24) is 0 Å². The van der Waals surface area contributed by atoms with E-state index in [0.29, 0.717) is 0 Å². The van der Waals surface area contributed by atoms with Crippen LogP contribution in [0.15, 0.2) is 28.3 Å². The quantitative estimate of drug-likeness (QED) is 0.343. The molecular weight excluding hydrogens is 510 g/mol. The Morgan fingerprint density at radius 2 is 1.27 bits per heavy atom. The van der Waals surface area contributed by atoms with Crippen molar-refractivity contribution < 1.29 is 9.59 Å². The summed E-state index contributed by atoms with van der Waals surface area (Å²) in [6.07, 6.45) is 0. The number of nitrogens with zero attached hydrogens (tertiary/aromatic N) is 1. The van der Waals surface area contributed by atoms with Crippen molar-refractivity contribution in [2.75, 3.05) is 4.90 Å². The lowest BCUT2D eigenvalue weighted by atomic mass is 9.84. The van der Waals surface area contributed by atoms with E-state index in [1.165, 1.54) is 12.1 Å². The first kappa shape index (κ1) is 19.7. The van der Waals surface area contributed by atoms with Crippen molar-refractivity contribution in [2.45, 2.75) is 14.1 Å². The zero-order valence-electron chi connectivity index (χ0n) is 12.2. The predicted octanol–water partition coefficient (Wildman–Crippen LogP) is 5.94. The van der Waals surface area contributed by atoms with E-state index in [1.807, 2.05) is 0 Å². The maximum absolute atomic E-state index is 13.2. The molecule has 3 nitrogen and oxygen atoms in total. The summed E-state index contributed by atoms with van der Waals surface area (Å²) in [4.78, 5) is 23.5. The monoisotopic (exact) mass is 511 g/mol. The van der Waals surface area contributed by atoms with Gasteiger partial charge in [-0.15, -0.1) is 23.2 Å². The first-order chi connectivity index (χ1) is 11.9. The van der Waals surface area contributed by atoms with Crippen LogP contribution >= 0.6 is 92.8 Å². The zero-order valence-corrected chi connectivity index (χ0v) is 18.2. The SMILES string of the molecule is O=C1C2C(C(=O)N1c1cccc(Cl)c1Cl)C1(Cl)C(Cl)=C(Cl)C2(Cl)C1(Cl)Cl. The van der Waals surface area contributed by atoms with Crippen LogP contribution in [0, 0.1) is 11.8 Å². The van der Waals surface area contributed by atoms with Gasteiger partial charge in [0.25, 0.3) is 0 Å². The number of hydrogen-bond donors (Lipinski definition) is 0. The minimum Gasteiger partial charge on any atom is -0.274 e. The number of fused-ring (bicyclic) bond motifs is 5. The van der Waals surface area contributed by atoms with Crippen LogP contribution in [-0.4, -0.2) is 25.9 Å². The molecular formula is C15H5Cl8NO2. The van der Waals surface area contributed by atoms with Crippen molar-refractivity contribution in [1.29, 1.82) is 0 Å². The molecule has 2 aliphatic carbocycles. The number of hydrogen-bond acceptors (Lipinski definition) is 2. The van der Waals surface area contributed by atoms with Gasteiger partial charge < -0.3 is 0 Å². The number of carbonyl (C=O) groups excluding carboxylic acids is 2. The molecule has 4 rings (SSSR count). The standard InChI is InChI=1S/C15H5Cl8NO2/c16-4-2-1-3-5(8(4)17)24-11(25)6-7(12(24)26)14(21)10(19)9(18)13(6,20)15(14,22)23/h1-3,6-7H. The van der Waals surface area contributed by atoms with Gasteiger partial charge in [-0.3, -0.25) is 9.59 Å². The highest BCUT2D eigenvalue weighted by molar-refractivity contribution is 6.67. The second-order valence-electron chi connectivity index (χ2n) is 6.17. The van der Waals surface area contributed by atoms with Gasteiger partial charge in [0.2, 0.25) is 11.8 Å². The van der Waals surface area contributed by atoms with Crippen molar-refractivity contribution in [3.63, 3.8) is 0 Å². The van der Waals surface area contributed by atoms with Gasteiger partial charge in [-0.1, -0.05) is 75.7 Å². The molecule has 4 unspecified atom stereocenters. The third-order valence-corrected chi connectivity index (χ3v) is 10.1. The van der Waals surface area contributed by atoms with Crippen LogP contribution in [0.25, 0.3) is 0 Å². The summed E-state index contributed by atoms with van der Waals surface area (Å²) >= 11 is 50.7. The van der Waals surface area contributed by atoms with E-state index >= 15 is 0 Å². The molecule has 2 bridgehead atoms. The molecule has 1 aromatic carbocycles. The van der Waals surface area contributed by atoms with Gasteiger partial charge in [0.15, 0.2) is 4.33 Å². The normalized spacial score (nSPS) is 37.8. The predicted molar refractivity (Wildman–Crippen MR) is 106 cm³/mol. The molecule has 1 aromatic rings. The van der Waals surface area contributed by atoms with Crippen LogP contribution in [0.1, 0.15) is 0 Å². The molecule has 2 fully saturated rings. The number of allylic oxidation sites excluding steroid dienone is 2. The third-order valence-electron chi connectivity index (χ3n) is 5.08. The number of halogens is 8. The molecule has 1 saturated carbocycles. The number of rotatable bonds is 1. The van der Waals surface area contributed by atoms with Crippen molar-refractivity contribution in [2.24, 2.45) is 11.8 Å². The van der Waals surface area contributed by atoms with Crippen LogP contribution in [0.5, 0.6) is 0 Å². The highest BCUT2D eigenvalue weighted by Crippen LogP contribution is 2.77. The van der Waals surface area contributed by atoms with Crippen LogP contribution in [0.4, 0.5) is 5.69 Å². The summed E-state index contributed by atoms with van der Waals surface area (Å²) in [5, 5.41) is -0.0997. The van der Waals surface area contributed by atoms with Crippen LogP contribution in [0.3, 0.4) is 0 Å². The third kappa shape index (κ3) is 1.88. The maximum atomic E-state index is 13.2. The second-order valence-corrected chi connectivity index (χ2v) is 10.2. The van der Waals surface area contributed by atoms with Gasteiger partial charge >= 0.3 is 0 Å². The minimum atomic E-state index is -1.97. The van der Waals surface area contributed by atoms with E-state index in [9.17, 15) is 9.59 Å². The molecule has 4 atom stereocenters. The summed E-state index contributed by atoms with van der Waals surface area (Å²) in [6, 6.07) is 4.54. The summed E-state index contributed by atoms with van der Waals surface area (Å²) in [5.74, 6) is -3.80. The molecule has 11 heteroatoms. The van der Waals surface area contributed by atoms with Crippen molar-refractivity contribution in [3.8, 4) is 0 Å². The van der Waals surface area contributed by atoms with Crippen molar-refractivity contribution in [3.05, 3.63) is 38.3 Å². The number of carbonyl (C=O) groups is 2. The molecule has 3 aliphatic rings. The maximum Gasteiger partial charge on any atom is 0.240 e. The molecule has 1 saturated heterocycles. The largest absolute Gasteiger partial charge is 0.274 e. The first-order valence-electron chi connectivity index (χ1n) is 7.07. The Kier molecular flexibility index (Phi) is 4.35. The second kappa shape index (κ2) is 5.73. The molecule has 2 amide bonds. The Morgan fingerprint density at radius 1 is 0.808 bits per heavy atom. The highest BCUT2D eigenvalue weighted by atomic mass is 35.5. The summed E-state index contributed by atoms with van der Waals surface area (Å²) in [6.45, 7) is 0. The molecule has 0 radical (unpaired) electrons. The van der Waals surface area contributed by atoms with Gasteiger partial charge in [0.05, 0.1) is 37.6 Å². The first-order valence-corrected chi connectivity index (χ1v) is 10.1. The zero-order chi connectivity index (χ0) is 19.4. The van der Waals surface area contributed by atoms with Gasteiger partial charge in [-0.2, -0.15) is 0 Å². The lowest BCUT2D eigenvalue weighted by Crippen LogP contribution is -2.50. The van der Waals surface area contributed by atoms with Crippen LogP contribution in [0.2, 0.25) is 10.0 Å². The Balaban J connectivity index is 1.94. The molecule has 1 aliphatic heterocycles. The fourth-order valence-electron chi connectivity index (χ4n) is 3.90. The Labute approximate surface area is 188 Å². The lowest BCUT2D eigenvalue weighted by molar-refractivity contribution is -0.123. The van der Waals surface area contributed by atoms with E-state index in [-0.39, 0.29) is 25.8 Å². The van der Waals surface area contributed by atoms with E-state index < -0.39 is 37.7 Å². The molecule has 1 heterocycles. The van der Waals surface area contributed by atoms with Crippen LogP contribution < -0.4 is 4.90 Å². The lowest BCUT2D eigenvalue weighted by Gasteiger charge is -2.34. The average molecular weight is 515 g/mol. The number of anilines is 1. The van der Waals surface area contributed by atoms with E-state index in [0.717, 1.165) is 4.90 Å². The minimum absolute atomic E-state index is 0.0311. The Hall–Kier alpha value is 0.420. The molecule has 26 heavy (non-hydrogen) atoms. The van der Waals surface area contributed by atoms with Gasteiger partial charge in [-0.05, 0) is 12.1 Å². The topological polar surface area (TPSA) is 37.4 Å². The van der Waals surface area contributed by atoms with E-state index in [4.69, 9.17) is 92.8 Å². The number of alkyl halides is 4. The van der Waals surface area contributed by atoms with Gasteiger partial charge in [-0.25, -0.2) is 4.90 Å². The number of benzene rings is 1. The highest BCUT2D eigenvalue weighted by Gasteiger charge is 2.87. The summed E-state index contributed by atoms with van der Waals surface area (Å²) in [7, 11) is 0. The summed E-state index contributed by atoms with van der Waals surface area (Å²) in [5.41, 5.74) is 0.102.